The van der Waals surface area contributed by atoms with Gasteiger partial charge in [0.2, 0.25) is 0 Å². The largest absolute Gasteiger partial charge is 0.379 e. The third kappa shape index (κ3) is 3.28. The van der Waals surface area contributed by atoms with Crippen molar-refractivity contribution in [2.75, 3.05) is 0 Å². The van der Waals surface area contributed by atoms with Crippen LogP contribution in [0.3, 0.4) is 0 Å². The molecule has 1 unspecified atom stereocenters. The molecule has 0 aliphatic carbocycles. The normalized spacial score (nSPS) is 12.3. The second-order valence-electron chi connectivity index (χ2n) is 2.50. The van der Waals surface area contributed by atoms with Gasteiger partial charge in [-0.2, -0.15) is 0 Å². The SMILES string of the molecule is C=C(C)NC(CC)C(C)=O. The lowest BCUT2D eigenvalue weighted by atomic mass is 10.1. The first-order valence-corrected chi connectivity index (χ1v) is 3.50. The van der Waals surface area contributed by atoms with Crippen LogP contribution in [0.15, 0.2) is 12.3 Å². The molecule has 0 saturated heterocycles. The van der Waals surface area contributed by atoms with Gasteiger partial charge in [-0.25, -0.2) is 0 Å². The monoisotopic (exact) mass is 141 g/mol. The average Bonchev–Trinajstić information content (AvgIpc) is 1.81. The zero-order valence-electron chi connectivity index (χ0n) is 6.90. The molecule has 0 rings (SSSR count). The second kappa shape index (κ2) is 4.09. The maximum Gasteiger partial charge on any atom is 0.151 e. The molecule has 0 aromatic heterocycles. The highest BCUT2D eigenvalue weighted by Crippen LogP contribution is 1.94. The van der Waals surface area contributed by atoms with Gasteiger partial charge in [-0.05, 0) is 20.3 Å². The molecule has 0 heterocycles. The molecule has 0 aliphatic rings. The first-order valence-electron chi connectivity index (χ1n) is 3.50. The maximum absolute atomic E-state index is 10.8. The standard InChI is InChI=1S/C8H15NO/c1-5-8(7(4)10)9-6(2)3/h8-9H,2,5H2,1,3-4H3. The molecule has 0 aromatic carbocycles. The minimum absolute atomic E-state index is 0.0440. The zero-order valence-corrected chi connectivity index (χ0v) is 6.90. The fraction of sp³-hybridized carbons (Fsp3) is 0.625. The Morgan fingerprint density at radius 2 is 2.10 bits per heavy atom. The Morgan fingerprint density at radius 1 is 1.60 bits per heavy atom. The topological polar surface area (TPSA) is 29.1 Å². The minimum Gasteiger partial charge on any atom is -0.379 e. The van der Waals surface area contributed by atoms with Gasteiger partial charge in [0.25, 0.3) is 0 Å². The molecular weight excluding hydrogens is 126 g/mol. The lowest BCUT2D eigenvalue weighted by Gasteiger charge is -2.13. The van der Waals surface area contributed by atoms with Gasteiger partial charge < -0.3 is 5.32 Å². The van der Waals surface area contributed by atoms with E-state index in [0.717, 1.165) is 12.1 Å². The van der Waals surface area contributed by atoms with Crippen molar-refractivity contribution in [3.63, 3.8) is 0 Å². The van der Waals surface area contributed by atoms with Gasteiger partial charge in [-0.3, -0.25) is 4.79 Å². The lowest BCUT2D eigenvalue weighted by Crippen LogP contribution is -2.32. The number of Topliss-reactive ketones (excluding diaryl/α,β-unsaturated/α-hetero) is 1. The summed E-state index contributed by atoms with van der Waals surface area (Å²) in [6, 6.07) is -0.0440. The molecule has 1 atom stereocenters. The molecule has 0 aromatic rings. The Kier molecular flexibility index (Phi) is 3.77. The Morgan fingerprint density at radius 3 is 2.20 bits per heavy atom. The van der Waals surface area contributed by atoms with Gasteiger partial charge in [0.05, 0.1) is 6.04 Å². The summed E-state index contributed by atoms with van der Waals surface area (Å²) in [5, 5.41) is 2.98. The van der Waals surface area contributed by atoms with E-state index in [1.807, 2.05) is 13.8 Å². The van der Waals surface area contributed by atoms with Crippen molar-refractivity contribution in [3.8, 4) is 0 Å². The number of nitrogens with one attached hydrogen (secondary N) is 1. The van der Waals surface area contributed by atoms with Crippen molar-refractivity contribution < 1.29 is 4.79 Å². The van der Waals surface area contributed by atoms with E-state index in [2.05, 4.69) is 11.9 Å². The summed E-state index contributed by atoms with van der Waals surface area (Å²) in [5.74, 6) is 0.172. The van der Waals surface area contributed by atoms with Crippen molar-refractivity contribution >= 4 is 5.78 Å². The molecule has 0 saturated carbocycles. The van der Waals surface area contributed by atoms with Crippen LogP contribution >= 0.6 is 0 Å². The highest BCUT2D eigenvalue weighted by atomic mass is 16.1. The van der Waals surface area contributed by atoms with Crippen LogP contribution in [0.25, 0.3) is 0 Å². The Labute approximate surface area is 62.3 Å². The van der Waals surface area contributed by atoms with E-state index in [4.69, 9.17) is 0 Å². The number of rotatable bonds is 4. The van der Waals surface area contributed by atoms with Crippen LogP contribution in [-0.4, -0.2) is 11.8 Å². The molecule has 0 amide bonds. The highest BCUT2D eigenvalue weighted by molar-refractivity contribution is 5.81. The molecule has 0 fully saturated rings. The van der Waals surface area contributed by atoms with Crippen LogP contribution in [0, 0.1) is 0 Å². The molecule has 2 heteroatoms. The quantitative estimate of drug-likeness (QED) is 0.642. The molecule has 1 N–H and O–H groups in total. The zero-order chi connectivity index (χ0) is 8.15. The molecule has 0 radical (unpaired) electrons. The van der Waals surface area contributed by atoms with E-state index in [0.29, 0.717) is 0 Å². The summed E-state index contributed by atoms with van der Waals surface area (Å²) in [6.07, 6.45) is 0.822. The molecule has 0 bridgehead atoms. The predicted molar refractivity (Wildman–Crippen MR) is 42.7 cm³/mol. The summed E-state index contributed by atoms with van der Waals surface area (Å²) >= 11 is 0. The van der Waals surface area contributed by atoms with Crippen LogP contribution in [0.4, 0.5) is 0 Å². The minimum atomic E-state index is -0.0440. The number of hydrogen-bond donors (Lipinski definition) is 1. The van der Waals surface area contributed by atoms with Crippen LogP contribution < -0.4 is 5.32 Å². The highest BCUT2D eigenvalue weighted by Gasteiger charge is 2.08. The Hall–Kier alpha value is -0.790. The molecule has 10 heavy (non-hydrogen) atoms. The van der Waals surface area contributed by atoms with Gasteiger partial charge in [-0.15, -0.1) is 0 Å². The fourth-order valence-electron chi connectivity index (χ4n) is 0.789. The number of ketones is 1. The van der Waals surface area contributed by atoms with Gasteiger partial charge in [0, 0.05) is 5.70 Å². The molecular formula is C8H15NO. The van der Waals surface area contributed by atoms with E-state index >= 15 is 0 Å². The van der Waals surface area contributed by atoms with Crippen LogP contribution in [0.2, 0.25) is 0 Å². The first-order chi connectivity index (χ1) is 4.57. The molecule has 2 nitrogen and oxygen atoms in total. The first kappa shape index (κ1) is 9.21. The number of carbonyl (C=O) groups excluding carboxylic acids is 1. The average molecular weight is 141 g/mol. The Bertz CT molecular complexity index is 140. The van der Waals surface area contributed by atoms with Gasteiger partial charge in [-0.1, -0.05) is 13.5 Å². The van der Waals surface area contributed by atoms with E-state index in [1.54, 1.807) is 6.92 Å². The van der Waals surface area contributed by atoms with Crippen molar-refractivity contribution in [1.82, 2.24) is 5.32 Å². The number of allylic oxidation sites excluding steroid dienone is 1. The van der Waals surface area contributed by atoms with Crippen molar-refractivity contribution in [1.29, 1.82) is 0 Å². The summed E-state index contributed by atoms with van der Waals surface area (Å²) in [7, 11) is 0. The Balaban J connectivity index is 3.83. The fourth-order valence-corrected chi connectivity index (χ4v) is 0.789. The third-order valence-corrected chi connectivity index (χ3v) is 1.32. The van der Waals surface area contributed by atoms with Crippen LogP contribution in [0.5, 0.6) is 0 Å². The molecule has 58 valence electrons. The summed E-state index contributed by atoms with van der Waals surface area (Å²) in [6.45, 7) is 9.08. The third-order valence-electron chi connectivity index (χ3n) is 1.32. The van der Waals surface area contributed by atoms with Crippen molar-refractivity contribution in [2.24, 2.45) is 0 Å². The lowest BCUT2D eigenvalue weighted by molar-refractivity contribution is -0.118. The van der Waals surface area contributed by atoms with E-state index in [-0.39, 0.29) is 11.8 Å². The van der Waals surface area contributed by atoms with E-state index < -0.39 is 0 Å². The van der Waals surface area contributed by atoms with Gasteiger partial charge in [0.15, 0.2) is 5.78 Å². The number of carbonyl (C=O) groups is 1. The summed E-state index contributed by atoms with van der Waals surface area (Å²) in [5.41, 5.74) is 0.849. The molecule has 0 spiro atoms. The smallest absolute Gasteiger partial charge is 0.151 e. The maximum atomic E-state index is 10.8. The second-order valence-corrected chi connectivity index (χ2v) is 2.50. The van der Waals surface area contributed by atoms with Gasteiger partial charge >= 0.3 is 0 Å². The summed E-state index contributed by atoms with van der Waals surface area (Å²) < 4.78 is 0. The van der Waals surface area contributed by atoms with Crippen molar-refractivity contribution in [2.45, 2.75) is 33.2 Å². The van der Waals surface area contributed by atoms with Crippen LogP contribution in [-0.2, 0) is 4.79 Å². The van der Waals surface area contributed by atoms with E-state index in [9.17, 15) is 4.79 Å². The van der Waals surface area contributed by atoms with E-state index in [1.165, 1.54) is 0 Å². The summed E-state index contributed by atoms with van der Waals surface area (Å²) in [4.78, 5) is 10.8. The van der Waals surface area contributed by atoms with Gasteiger partial charge in [0.1, 0.15) is 0 Å². The van der Waals surface area contributed by atoms with Crippen LogP contribution in [0.1, 0.15) is 27.2 Å². The molecule has 0 aliphatic heterocycles. The predicted octanol–water partition coefficient (Wildman–Crippen LogP) is 1.48. The van der Waals surface area contributed by atoms with Crippen molar-refractivity contribution in [3.05, 3.63) is 12.3 Å². The number of hydrogen-bond acceptors (Lipinski definition) is 2.